The molecule has 1 aromatic carbocycles. The number of benzene rings is 1. The maximum atomic E-state index is 13.0. The third-order valence-electron chi connectivity index (χ3n) is 5.89. The zero-order valence-electron chi connectivity index (χ0n) is 18.0. The Hall–Kier alpha value is -3.46. The number of fused-ring (bicyclic) bond motifs is 1. The number of anilines is 2. The predicted molar refractivity (Wildman–Crippen MR) is 120 cm³/mol. The lowest BCUT2D eigenvalue weighted by Gasteiger charge is -2.36. The highest BCUT2D eigenvalue weighted by Gasteiger charge is 2.26. The van der Waals surface area contributed by atoms with Crippen LogP contribution in [-0.2, 0) is 4.74 Å². The lowest BCUT2D eigenvalue weighted by Crippen LogP contribution is -2.50. The molecule has 0 atom stereocenters. The number of carbonyl (C=O) groups is 1. The Morgan fingerprint density at radius 3 is 2.47 bits per heavy atom. The first-order chi connectivity index (χ1) is 15.6. The summed E-state index contributed by atoms with van der Waals surface area (Å²) in [5.74, 6) is 1.28. The molecule has 2 aromatic heterocycles. The number of piperazine rings is 1. The Morgan fingerprint density at radius 1 is 0.938 bits per heavy atom. The van der Waals surface area contributed by atoms with E-state index in [0.29, 0.717) is 45.0 Å². The van der Waals surface area contributed by atoms with Crippen molar-refractivity contribution < 1.29 is 13.9 Å². The van der Waals surface area contributed by atoms with Gasteiger partial charge in [0.1, 0.15) is 17.0 Å². The van der Waals surface area contributed by atoms with E-state index >= 15 is 0 Å². The van der Waals surface area contributed by atoms with Crippen LogP contribution in [0, 0.1) is 6.92 Å². The summed E-state index contributed by atoms with van der Waals surface area (Å²) >= 11 is 0. The van der Waals surface area contributed by atoms with E-state index in [0.717, 1.165) is 35.9 Å². The molecule has 9 heteroatoms. The number of nitrogens with zero attached hydrogens (tertiary/aromatic N) is 5. The number of morpholine rings is 1. The Kier molecular flexibility index (Phi) is 5.48. The molecule has 0 N–H and O–H groups in total. The monoisotopic (exact) mass is 435 g/mol. The van der Waals surface area contributed by atoms with Crippen molar-refractivity contribution in [2.24, 2.45) is 0 Å². The number of para-hydroxylation sites is 1. The van der Waals surface area contributed by atoms with Crippen LogP contribution in [0.2, 0.25) is 0 Å². The molecule has 0 bridgehead atoms. The molecule has 0 aliphatic carbocycles. The molecule has 5 rings (SSSR count). The number of ether oxygens (including phenoxy) is 1. The summed E-state index contributed by atoms with van der Waals surface area (Å²) in [4.78, 5) is 40.8. The molecule has 2 fully saturated rings. The maximum absolute atomic E-state index is 13.0. The number of hydrogen-bond donors (Lipinski definition) is 0. The number of amides is 1. The summed E-state index contributed by atoms with van der Waals surface area (Å²) in [6.07, 6.45) is 0. The topological polar surface area (TPSA) is 92.0 Å². The van der Waals surface area contributed by atoms with E-state index < -0.39 is 5.63 Å². The van der Waals surface area contributed by atoms with Crippen molar-refractivity contribution in [3.05, 3.63) is 58.1 Å². The van der Waals surface area contributed by atoms with Gasteiger partial charge in [0.05, 0.1) is 13.2 Å². The molecular formula is C23H25N5O4. The molecule has 1 amide bonds. The van der Waals surface area contributed by atoms with Crippen molar-refractivity contribution in [2.75, 3.05) is 62.3 Å². The smallest absolute Gasteiger partial charge is 0.349 e. The first-order valence-electron chi connectivity index (χ1n) is 10.8. The van der Waals surface area contributed by atoms with Gasteiger partial charge in [-0.05, 0) is 19.1 Å². The van der Waals surface area contributed by atoms with Gasteiger partial charge in [-0.3, -0.25) is 4.79 Å². The van der Waals surface area contributed by atoms with Crippen LogP contribution in [0.3, 0.4) is 0 Å². The van der Waals surface area contributed by atoms with Crippen LogP contribution >= 0.6 is 0 Å². The molecule has 0 spiro atoms. The van der Waals surface area contributed by atoms with Gasteiger partial charge >= 0.3 is 5.63 Å². The highest BCUT2D eigenvalue weighted by Crippen LogP contribution is 2.21. The molecular weight excluding hydrogens is 410 g/mol. The van der Waals surface area contributed by atoms with E-state index in [4.69, 9.17) is 14.1 Å². The molecule has 2 aliphatic rings. The van der Waals surface area contributed by atoms with E-state index in [2.05, 4.69) is 14.8 Å². The van der Waals surface area contributed by atoms with Gasteiger partial charge < -0.3 is 23.9 Å². The number of carbonyl (C=O) groups excluding carboxylic acids is 1. The van der Waals surface area contributed by atoms with E-state index in [-0.39, 0.29) is 11.5 Å². The van der Waals surface area contributed by atoms with Crippen molar-refractivity contribution >= 4 is 28.6 Å². The fourth-order valence-electron chi connectivity index (χ4n) is 4.12. The van der Waals surface area contributed by atoms with Crippen LogP contribution in [0.4, 0.5) is 11.8 Å². The molecule has 2 aliphatic heterocycles. The van der Waals surface area contributed by atoms with Gasteiger partial charge in [-0.25, -0.2) is 9.78 Å². The lowest BCUT2D eigenvalue weighted by atomic mass is 10.1. The van der Waals surface area contributed by atoms with Crippen molar-refractivity contribution in [1.29, 1.82) is 0 Å². The minimum absolute atomic E-state index is 0.0737. The Morgan fingerprint density at radius 2 is 1.69 bits per heavy atom. The molecule has 9 nitrogen and oxygen atoms in total. The van der Waals surface area contributed by atoms with Crippen LogP contribution in [0.25, 0.3) is 11.0 Å². The first-order valence-corrected chi connectivity index (χ1v) is 10.8. The third kappa shape index (κ3) is 4.03. The van der Waals surface area contributed by atoms with Gasteiger partial charge in [0.15, 0.2) is 0 Å². The third-order valence-corrected chi connectivity index (χ3v) is 5.89. The number of hydrogen-bond acceptors (Lipinski definition) is 8. The Labute approximate surface area is 185 Å². The van der Waals surface area contributed by atoms with E-state index in [1.807, 2.05) is 25.1 Å². The number of aryl methyl sites for hydroxylation is 1. The van der Waals surface area contributed by atoms with E-state index in [1.165, 1.54) is 0 Å². The quantitative estimate of drug-likeness (QED) is 0.574. The molecule has 0 saturated carbocycles. The Bertz CT molecular complexity index is 1200. The minimum atomic E-state index is -0.599. The second-order valence-electron chi connectivity index (χ2n) is 8.03. The van der Waals surface area contributed by atoms with Crippen LogP contribution < -0.4 is 15.4 Å². The summed E-state index contributed by atoms with van der Waals surface area (Å²) in [5, 5.41) is 0.737. The zero-order chi connectivity index (χ0) is 22.1. The lowest BCUT2D eigenvalue weighted by molar-refractivity contribution is 0.0742. The van der Waals surface area contributed by atoms with Crippen LogP contribution in [0.15, 0.2) is 45.6 Å². The molecule has 0 radical (unpaired) electrons. The standard InChI is InChI=1S/C23H25N5O4/c1-16-14-20(25-23(24-16)28-10-12-31-13-11-28)26-6-8-27(9-7-26)21(29)18-15-17-4-2-3-5-19(17)32-22(18)30/h2-5,14-15H,6-13H2,1H3. The highest BCUT2D eigenvalue weighted by molar-refractivity contribution is 5.96. The SMILES string of the molecule is Cc1cc(N2CCN(C(=O)c3cc4ccccc4oc3=O)CC2)nc(N2CCOCC2)n1. The van der Waals surface area contributed by atoms with Crippen molar-refractivity contribution in [2.45, 2.75) is 6.92 Å². The first kappa shape index (κ1) is 20.4. The average Bonchev–Trinajstić information content (AvgIpc) is 2.83. The summed E-state index contributed by atoms with van der Waals surface area (Å²) in [7, 11) is 0. The molecule has 3 aromatic rings. The number of rotatable bonds is 3. The summed E-state index contributed by atoms with van der Waals surface area (Å²) in [6.45, 7) is 7.13. The maximum Gasteiger partial charge on any atom is 0.349 e. The molecule has 32 heavy (non-hydrogen) atoms. The minimum Gasteiger partial charge on any atom is -0.422 e. The van der Waals surface area contributed by atoms with Gasteiger partial charge in [0.25, 0.3) is 5.91 Å². The van der Waals surface area contributed by atoms with E-state index in [1.54, 1.807) is 23.1 Å². The predicted octanol–water partition coefficient (Wildman–Crippen LogP) is 1.69. The number of aromatic nitrogens is 2. The normalized spacial score (nSPS) is 17.1. The van der Waals surface area contributed by atoms with Crippen LogP contribution in [-0.4, -0.2) is 73.3 Å². The highest BCUT2D eigenvalue weighted by atomic mass is 16.5. The van der Waals surface area contributed by atoms with Crippen molar-refractivity contribution in [3.63, 3.8) is 0 Å². The fourth-order valence-corrected chi connectivity index (χ4v) is 4.12. The average molecular weight is 435 g/mol. The van der Waals surface area contributed by atoms with Gasteiger partial charge in [-0.2, -0.15) is 4.98 Å². The van der Waals surface area contributed by atoms with Crippen LogP contribution in [0.5, 0.6) is 0 Å². The Balaban J connectivity index is 1.30. The van der Waals surface area contributed by atoms with Crippen molar-refractivity contribution in [3.8, 4) is 0 Å². The largest absolute Gasteiger partial charge is 0.422 e. The zero-order valence-corrected chi connectivity index (χ0v) is 18.0. The fraction of sp³-hybridized carbons (Fsp3) is 0.391. The van der Waals surface area contributed by atoms with Crippen LogP contribution in [0.1, 0.15) is 16.1 Å². The molecule has 0 unspecified atom stereocenters. The van der Waals surface area contributed by atoms with Gasteiger partial charge in [-0.1, -0.05) is 18.2 Å². The van der Waals surface area contributed by atoms with Crippen molar-refractivity contribution in [1.82, 2.24) is 14.9 Å². The summed E-state index contributed by atoms with van der Waals surface area (Å²) in [5.41, 5.74) is 0.861. The molecule has 166 valence electrons. The molecule has 2 saturated heterocycles. The van der Waals surface area contributed by atoms with Gasteiger partial charge in [0.2, 0.25) is 5.95 Å². The second kappa shape index (κ2) is 8.58. The summed E-state index contributed by atoms with van der Waals surface area (Å²) in [6, 6.07) is 10.8. The molecule has 4 heterocycles. The summed E-state index contributed by atoms with van der Waals surface area (Å²) < 4.78 is 10.8. The van der Waals surface area contributed by atoms with Gasteiger partial charge in [0, 0.05) is 56.4 Å². The van der Waals surface area contributed by atoms with E-state index in [9.17, 15) is 9.59 Å². The van der Waals surface area contributed by atoms with Gasteiger partial charge in [-0.15, -0.1) is 0 Å². The second-order valence-corrected chi connectivity index (χ2v) is 8.03.